The minimum atomic E-state index is -0.803. The molecular weight excluding hydrogens is 274 g/mol. The Hall–Kier alpha value is -1.66. The smallest absolute Gasteiger partial charge is 0.321 e. The van der Waals surface area contributed by atoms with E-state index >= 15 is 0 Å². The van der Waals surface area contributed by atoms with Gasteiger partial charge in [-0.25, -0.2) is 9.97 Å². The fourth-order valence-corrected chi connectivity index (χ4v) is 3.00. The lowest BCUT2D eigenvalue weighted by molar-refractivity contribution is -0.138. The molecule has 104 valence electrons. The van der Waals surface area contributed by atoms with Crippen LogP contribution in [0.4, 0.5) is 0 Å². The molecule has 0 radical (unpaired) electrons. The second-order valence-corrected chi connectivity index (χ2v) is 5.85. The number of carboxylic acids is 1. The van der Waals surface area contributed by atoms with Gasteiger partial charge in [-0.15, -0.1) is 11.8 Å². The highest BCUT2D eigenvalue weighted by molar-refractivity contribution is 7.99. The number of carbonyl (C=O) groups is 1. The predicted molar refractivity (Wildman–Crippen MR) is 77.8 cm³/mol. The quantitative estimate of drug-likeness (QED) is 0.625. The fourth-order valence-electron chi connectivity index (χ4n) is 1.98. The first-order valence-electron chi connectivity index (χ1n) is 6.55. The molecule has 1 atom stereocenters. The molecule has 6 heteroatoms. The number of nitrogens with zero attached hydrogens (tertiary/aromatic N) is 2. The van der Waals surface area contributed by atoms with E-state index in [1.54, 1.807) is 0 Å². The highest BCUT2D eigenvalue weighted by atomic mass is 32.2. The zero-order chi connectivity index (χ0) is 13.9. The van der Waals surface area contributed by atoms with E-state index in [4.69, 9.17) is 0 Å². The summed E-state index contributed by atoms with van der Waals surface area (Å²) in [4.78, 5) is 19.7. The molecule has 1 aliphatic carbocycles. The van der Waals surface area contributed by atoms with Crippen molar-refractivity contribution >= 4 is 28.6 Å². The highest BCUT2D eigenvalue weighted by Crippen LogP contribution is 2.26. The van der Waals surface area contributed by atoms with E-state index in [2.05, 4.69) is 15.3 Å². The Morgan fingerprint density at radius 1 is 1.40 bits per heavy atom. The van der Waals surface area contributed by atoms with Crippen molar-refractivity contribution in [1.82, 2.24) is 15.3 Å². The van der Waals surface area contributed by atoms with Gasteiger partial charge >= 0.3 is 5.97 Å². The molecule has 0 amide bonds. The summed E-state index contributed by atoms with van der Waals surface area (Å²) in [6.07, 6.45) is 3.67. The van der Waals surface area contributed by atoms with Crippen molar-refractivity contribution in [3.63, 3.8) is 0 Å². The first kappa shape index (κ1) is 13.3. The lowest BCUT2D eigenvalue weighted by Gasteiger charge is -2.13. The van der Waals surface area contributed by atoms with Crippen LogP contribution in [0, 0.1) is 0 Å². The largest absolute Gasteiger partial charge is 0.480 e. The van der Waals surface area contributed by atoms with Gasteiger partial charge in [-0.1, -0.05) is 18.2 Å². The minimum Gasteiger partial charge on any atom is -0.480 e. The first-order chi connectivity index (χ1) is 9.74. The Morgan fingerprint density at radius 2 is 2.20 bits per heavy atom. The van der Waals surface area contributed by atoms with Crippen molar-refractivity contribution in [3.8, 4) is 0 Å². The zero-order valence-electron chi connectivity index (χ0n) is 10.8. The molecule has 20 heavy (non-hydrogen) atoms. The molecule has 2 aromatic rings. The molecule has 1 heterocycles. The second-order valence-electron chi connectivity index (χ2n) is 4.84. The summed E-state index contributed by atoms with van der Waals surface area (Å²) in [5, 5.41) is 14.2. The van der Waals surface area contributed by atoms with Crippen LogP contribution in [-0.4, -0.2) is 38.9 Å². The van der Waals surface area contributed by atoms with E-state index in [-0.39, 0.29) is 0 Å². The number of hydrogen-bond acceptors (Lipinski definition) is 5. The van der Waals surface area contributed by atoms with Gasteiger partial charge in [0.2, 0.25) is 0 Å². The molecule has 5 nitrogen and oxygen atoms in total. The van der Waals surface area contributed by atoms with Gasteiger partial charge in [-0.3, -0.25) is 4.79 Å². The maximum Gasteiger partial charge on any atom is 0.321 e. The van der Waals surface area contributed by atoms with Gasteiger partial charge in [0.15, 0.2) is 0 Å². The summed E-state index contributed by atoms with van der Waals surface area (Å²) in [5.74, 6) is -0.338. The van der Waals surface area contributed by atoms with Crippen molar-refractivity contribution in [2.24, 2.45) is 0 Å². The lowest BCUT2D eigenvalue weighted by Crippen LogP contribution is -2.40. The fraction of sp³-hybridized carbons (Fsp3) is 0.357. The third-order valence-corrected chi connectivity index (χ3v) is 4.30. The van der Waals surface area contributed by atoms with Gasteiger partial charge in [0, 0.05) is 17.2 Å². The van der Waals surface area contributed by atoms with E-state index in [0.717, 1.165) is 28.8 Å². The van der Waals surface area contributed by atoms with Crippen LogP contribution in [0.5, 0.6) is 0 Å². The van der Waals surface area contributed by atoms with Crippen LogP contribution in [0.3, 0.4) is 0 Å². The maximum absolute atomic E-state index is 11.2. The van der Waals surface area contributed by atoms with Crippen molar-refractivity contribution in [2.75, 3.05) is 5.75 Å². The Kier molecular flexibility index (Phi) is 3.84. The van der Waals surface area contributed by atoms with Crippen molar-refractivity contribution in [1.29, 1.82) is 0 Å². The molecule has 1 aliphatic rings. The summed E-state index contributed by atoms with van der Waals surface area (Å²) in [7, 11) is 0. The van der Waals surface area contributed by atoms with Crippen LogP contribution in [0.1, 0.15) is 12.8 Å². The number of fused-ring (bicyclic) bond motifs is 1. The summed E-state index contributed by atoms with van der Waals surface area (Å²) in [5.41, 5.74) is 0.882. The van der Waals surface area contributed by atoms with Gasteiger partial charge in [0.05, 0.1) is 5.52 Å². The normalized spacial score (nSPS) is 16.2. The summed E-state index contributed by atoms with van der Waals surface area (Å²) in [6, 6.07) is 7.60. The van der Waals surface area contributed by atoms with Gasteiger partial charge in [0.1, 0.15) is 17.4 Å². The Morgan fingerprint density at radius 3 is 2.95 bits per heavy atom. The van der Waals surface area contributed by atoms with Crippen molar-refractivity contribution in [3.05, 3.63) is 30.6 Å². The maximum atomic E-state index is 11.2. The molecule has 0 bridgehead atoms. The van der Waals surface area contributed by atoms with Crippen molar-refractivity contribution in [2.45, 2.75) is 30.0 Å². The Bertz CT molecular complexity index is 625. The Labute approximate surface area is 120 Å². The molecule has 2 N–H and O–H groups in total. The summed E-state index contributed by atoms with van der Waals surface area (Å²) >= 11 is 1.46. The number of benzene rings is 1. The van der Waals surface area contributed by atoms with E-state index in [0.29, 0.717) is 11.8 Å². The predicted octanol–water partition coefficient (Wildman–Crippen LogP) is 1.93. The SMILES string of the molecule is O=C(O)C(CSc1ncnc2ccccc12)NC1CC1. The van der Waals surface area contributed by atoms with E-state index in [1.807, 2.05) is 24.3 Å². The molecule has 0 spiro atoms. The zero-order valence-corrected chi connectivity index (χ0v) is 11.6. The molecule has 1 aromatic carbocycles. The molecule has 1 unspecified atom stereocenters. The highest BCUT2D eigenvalue weighted by Gasteiger charge is 2.28. The third-order valence-electron chi connectivity index (χ3n) is 3.21. The van der Waals surface area contributed by atoms with Crippen LogP contribution in [0.25, 0.3) is 10.9 Å². The van der Waals surface area contributed by atoms with Crippen molar-refractivity contribution < 1.29 is 9.90 Å². The van der Waals surface area contributed by atoms with Crippen LogP contribution in [-0.2, 0) is 4.79 Å². The van der Waals surface area contributed by atoms with Gasteiger partial charge in [-0.2, -0.15) is 0 Å². The first-order valence-corrected chi connectivity index (χ1v) is 7.54. The second kappa shape index (κ2) is 5.76. The molecule has 0 saturated heterocycles. The molecule has 1 saturated carbocycles. The van der Waals surface area contributed by atoms with Crippen LogP contribution in [0.15, 0.2) is 35.6 Å². The number of aromatic nitrogens is 2. The van der Waals surface area contributed by atoms with Gasteiger partial charge < -0.3 is 10.4 Å². The third kappa shape index (κ3) is 3.08. The summed E-state index contributed by atoms with van der Waals surface area (Å²) in [6.45, 7) is 0. The van der Waals surface area contributed by atoms with E-state index < -0.39 is 12.0 Å². The minimum absolute atomic E-state index is 0.374. The number of aliphatic carboxylic acids is 1. The summed E-state index contributed by atoms with van der Waals surface area (Å²) < 4.78 is 0. The molecule has 1 fully saturated rings. The van der Waals surface area contributed by atoms with Gasteiger partial charge in [-0.05, 0) is 18.9 Å². The standard InChI is InChI=1S/C14H15N3O2S/c18-14(19)12(17-9-5-6-9)7-20-13-10-3-1-2-4-11(10)15-8-16-13/h1-4,8-9,12,17H,5-7H2,(H,18,19). The molecular formula is C14H15N3O2S. The van der Waals surface area contributed by atoms with E-state index in [9.17, 15) is 9.90 Å². The number of hydrogen-bond donors (Lipinski definition) is 2. The number of rotatable bonds is 6. The molecule has 3 rings (SSSR count). The number of nitrogens with one attached hydrogen (secondary N) is 1. The molecule has 0 aliphatic heterocycles. The van der Waals surface area contributed by atoms with Crippen LogP contribution < -0.4 is 5.32 Å². The van der Waals surface area contributed by atoms with E-state index in [1.165, 1.54) is 18.1 Å². The monoisotopic (exact) mass is 289 g/mol. The van der Waals surface area contributed by atoms with Crippen LogP contribution >= 0.6 is 11.8 Å². The van der Waals surface area contributed by atoms with Crippen LogP contribution in [0.2, 0.25) is 0 Å². The number of thioether (sulfide) groups is 1. The average molecular weight is 289 g/mol. The lowest BCUT2D eigenvalue weighted by atomic mass is 10.2. The number of para-hydroxylation sites is 1. The number of carboxylic acid groups (broad SMARTS) is 1. The van der Waals surface area contributed by atoms with Gasteiger partial charge in [0.25, 0.3) is 0 Å². The molecule has 1 aromatic heterocycles. The average Bonchev–Trinajstić information content (AvgIpc) is 3.27. The Balaban J connectivity index is 1.73. The topological polar surface area (TPSA) is 75.1 Å².